The number of hydrogen-bond acceptors (Lipinski definition) is 3. The highest BCUT2D eigenvalue weighted by atomic mass is 35.5. The van der Waals surface area contributed by atoms with E-state index >= 15 is 0 Å². The van der Waals surface area contributed by atoms with Crippen LogP contribution in [0.5, 0.6) is 0 Å². The van der Waals surface area contributed by atoms with Gasteiger partial charge in [-0.25, -0.2) is 4.79 Å². The zero-order valence-electron chi connectivity index (χ0n) is 14.3. The Morgan fingerprint density at radius 1 is 0.893 bits per heavy atom. The average Bonchev–Trinajstić information content (AvgIpc) is 2.99. The smallest absolute Gasteiger partial charge is 0.328 e. The number of amides is 4. The van der Waals surface area contributed by atoms with Crippen LogP contribution in [-0.2, 0) is 16.1 Å². The monoisotopic (exact) mass is 413 g/mol. The number of halogens is 2. The molecule has 0 aliphatic carbocycles. The minimum Gasteiger partial charge on any atom is -0.342 e. The third kappa shape index (κ3) is 3.28. The van der Waals surface area contributed by atoms with Gasteiger partial charge in [-0.3, -0.25) is 20.2 Å². The molecule has 4 amide bonds. The van der Waals surface area contributed by atoms with Crippen molar-refractivity contribution in [2.24, 2.45) is 0 Å². The van der Waals surface area contributed by atoms with Gasteiger partial charge in [-0.1, -0.05) is 47.5 Å². The Morgan fingerprint density at radius 2 is 1.54 bits per heavy atom. The first-order chi connectivity index (χ1) is 13.4. The van der Waals surface area contributed by atoms with Crippen molar-refractivity contribution in [3.63, 3.8) is 0 Å². The summed E-state index contributed by atoms with van der Waals surface area (Å²) in [5.74, 6) is -1.47. The van der Waals surface area contributed by atoms with Crippen LogP contribution in [0.3, 0.4) is 0 Å². The summed E-state index contributed by atoms with van der Waals surface area (Å²) in [6.07, 6.45) is 3.28. The number of hydrogen-bond donors (Lipinski definition) is 2. The highest BCUT2D eigenvalue weighted by Crippen LogP contribution is 2.29. The zero-order chi connectivity index (χ0) is 19.8. The molecule has 1 aromatic heterocycles. The van der Waals surface area contributed by atoms with E-state index in [1.165, 1.54) is 6.08 Å². The Bertz CT molecular complexity index is 1140. The van der Waals surface area contributed by atoms with Gasteiger partial charge in [0.15, 0.2) is 0 Å². The maximum absolute atomic E-state index is 12.0. The van der Waals surface area contributed by atoms with Gasteiger partial charge in [-0.2, -0.15) is 0 Å². The van der Waals surface area contributed by atoms with Gasteiger partial charge in [0.2, 0.25) is 0 Å². The number of urea groups is 1. The van der Waals surface area contributed by atoms with Gasteiger partial charge in [0.05, 0.1) is 6.54 Å². The van der Waals surface area contributed by atoms with E-state index in [2.05, 4.69) is 10.6 Å². The number of carbonyl (C=O) groups excluding carboxylic acids is 3. The number of barbiturate groups is 1. The fourth-order valence-electron chi connectivity index (χ4n) is 3.14. The largest absolute Gasteiger partial charge is 0.342 e. The van der Waals surface area contributed by atoms with Gasteiger partial charge in [0.25, 0.3) is 11.8 Å². The van der Waals surface area contributed by atoms with Gasteiger partial charge in [-0.05, 0) is 24.3 Å². The Hall–Kier alpha value is -3.09. The topological polar surface area (TPSA) is 80.2 Å². The van der Waals surface area contributed by atoms with E-state index in [0.29, 0.717) is 22.2 Å². The van der Waals surface area contributed by atoms with Gasteiger partial charge < -0.3 is 4.57 Å². The first kappa shape index (κ1) is 18.3. The molecule has 0 spiro atoms. The third-order valence-corrected chi connectivity index (χ3v) is 5.16. The molecule has 0 radical (unpaired) electrons. The average molecular weight is 414 g/mol. The Balaban J connectivity index is 1.81. The molecule has 1 fully saturated rings. The summed E-state index contributed by atoms with van der Waals surface area (Å²) in [4.78, 5) is 35.3. The van der Waals surface area contributed by atoms with E-state index < -0.39 is 17.8 Å². The number of nitrogens with zero attached hydrogens (tertiary/aromatic N) is 1. The van der Waals surface area contributed by atoms with E-state index in [4.69, 9.17) is 23.2 Å². The number of imide groups is 2. The number of benzene rings is 2. The van der Waals surface area contributed by atoms with Gasteiger partial charge >= 0.3 is 6.03 Å². The summed E-state index contributed by atoms with van der Waals surface area (Å²) in [5, 5.41) is 6.08. The second-order valence-electron chi connectivity index (χ2n) is 6.23. The molecule has 4 rings (SSSR count). The lowest BCUT2D eigenvalue weighted by atomic mass is 10.1. The molecular formula is C20H13Cl2N3O3. The molecule has 1 aliphatic heterocycles. The predicted molar refractivity (Wildman–Crippen MR) is 107 cm³/mol. The van der Waals surface area contributed by atoms with Crippen LogP contribution in [0, 0.1) is 0 Å². The molecule has 8 heteroatoms. The van der Waals surface area contributed by atoms with E-state index in [9.17, 15) is 14.4 Å². The number of fused-ring (bicyclic) bond motifs is 1. The number of nitrogens with one attached hydrogen (secondary N) is 2. The molecule has 28 heavy (non-hydrogen) atoms. The molecule has 0 bridgehead atoms. The van der Waals surface area contributed by atoms with Crippen molar-refractivity contribution in [1.82, 2.24) is 15.2 Å². The summed E-state index contributed by atoms with van der Waals surface area (Å²) in [7, 11) is 0. The van der Waals surface area contributed by atoms with Crippen molar-refractivity contribution < 1.29 is 14.4 Å². The summed E-state index contributed by atoms with van der Waals surface area (Å²) >= 11 is 12.6. The number of para-hydroxylation sites is 1. The molecule has 1 saturated heterocycles. The third-order valence-electron chi connectivity index (χ3n) is 4.45. The Kier molecular flexibility index (Phi) is 4.66. The summed E-state index contributed by atoms with van der Waals surface area (Å²) in [6.45, 7) is 0.416. The molecule has 2 aromatic carbocycles. The number of aromatic nitrogens is 1. The van der Waals surface area contributed by atoms with Crippen molar-refractivity contribution in [2.75, 3.05) is 0 Å². The lowest BCUT2D eigenvalue weighted by Gasteiger charge is -2.13. The first-order valence-electron chi connectivity index (χ1n) is 8.33. The van der Waals surface area contributed by atoms with Crippen molar-refractivity contribution in [3.8, 4) is 0 Å². The fourth-order valence-corrected chi connectivity index (χ4v) is 3.65. The molecule has 0 saturated carbocycles. The molecule has 2 N–H and O–H groups in total. The quantitative estimate of drug-likeness (QED) is 0.506. The minimum absolute atomic E-state index is 0.140. The van der Waals surface area contributed by atoms with E-state index in [-0.39, 0.29) is 5.57 Å². The molecule has 1 aliphatic rings. The summed E-state index contributed by atoms with van der Waals surface area (Å²) < 4.78 is 1.94. The molecule has 3 aromatic rings. The lowest BCUT2D eigenvalue weighted by molar-refractivity contribution is -0.123. The van der Waals surface area contributed by atoms with Crippen molar-refractivity contribution in [2.45, 2.75) is 6.54 Å². The van der Waals surface area contributed by atoms with Gasteiger partial charge in [0, 0.05) is 38.3 Å². The highest BCUT2D eigenvalue weighted by Gasteiger charge is 2.28. The van der Waals surface area contributed by atoms with Crippen LogP contribution in [0.2, 0.25) is 10.0 Å². The van der Waals surface area contributed by atoms with E-state index in [1.807, 2.05) is 35.0 Å². The fraction of sp³-hybridized carbons (Fsp3) is 0.0500. The minimum atomic E-state index is -0.831. The molecule has 6 nitrogen and oxygen atoms in total. The Labute approximate surface area is 169 Å². The molecule has 0 unspecified atom stereocenters. The van der Waals surface area contributed by atoms with Crippen LogP contribution in [0.4, 0.5) is 4.79 Å². The molecule has 2 heterocycles. The van der Waals surface area contributed by atoms with Gasteiger partial charge in [0.1, 0.15) is 5.57 Å². The second kappa shape index (κ2) is 7.14. The summed E-state index contributed by atoms with van der Waals surface area (Å²) in [5.41, 5.74) is 2.18. The Morgan fingerprint density at radius 3 is 2.21 bits per heavy atom. The van der Waals surface area contributed by atoms with Crippen LogP contribution >= 0.6 is 23.2 Å². The predicted octanol–water partition coefficient (Wildman–Crippen LogP) is 3.75. The van der Waals surface area contributed by atoms with Crippen molar-refractivity contribution in [1.29, 1.82) is 0 Å². The highest BCUT2D eigenvalue weighted by molar-refractivity contribution is 6.36. The maximum Gasteiger partial charge on any atom is 0.328 e. The van der Waals surface area contributed by atoms with E-state index in [0.717, 1.165) is 16.5 Å². The SMILES string of the molecule is O=C1NC(=O)C(=Cc2cn(Cc3c(Cl)cccc3Cl)c3ccccc23)C(=O)N1. The van der Waals surface area contributed by atoms with Crippen LogP contribution < -0.4 is 10.6 Å². The standard InChI is InChI=1S/C20H13Cl2N3O3/c21-15-5-3-6-16(22)14(15)10-25-9-11(12-4-1-2-7-17(12)25)8-13-18(26)23-20(28)24-19(13)27/h1-9H,10H2,(H2,23,24,26,27,28). The lowest BCUT2D eigenvalue weighted by Crippen LogP contribution is -2.51. The molecule has 140 valence electrons. The van der Waals surface area contributed by atoms with Gasteiger partial charge in [-0.15, -0.1) is 0 Å². The van der Waals surface area contributed by atoms with E-state index in [1.54, 1.807) is 18.2 Å². The van der Waals surface area contributed by atoms with Crippen molar-refractivity contribution in [3.05, 3.63) is 75.4 Å². The molecule has 0 atom stereocenters. The normalized spacial score (nSPS) is 14.2. The van der Waals surface area contributed by atoms with Crippen LogP contribution in [-0.4, -0.2) is 22.4 Å². The van der Waals surface area contributed by atoms with Crippen molar-refractivity contribution >= 4 is 58.0 Å². The molecular weight excluding hydrogens is 401 g/mol. The van der Waals surface area contributed by atoms with Crippen LogP contribution in [0.25, 0.3) is 17.0 Å². The second-order valence-corrected chi connectivity index (χ2v) is 7.04. The number of rotatable bonds is 3. The number of carbonyl (C=O) groups is 3. The summed E-state index contributed by atoms with van der Waals surface area (Å²) in [6, 6.07) is 12.0. The maximum atomic E-state index is 12.0. The van der Waals surface area contributed by atoms with Crippen LogP contribution in [0.15, 0.2) is 54.2 Å². The zero-order valence-corrected chi connectivity index (χ0v) is 15.8. The van der Waals surface area contributed by atoms with Crippen LogP contribution in [0.1, 0.15) is 11.1 Å². The first-order valence-corrected chi connectivity index (χ1v) is 9.09.